The molecule has 0 aliphatic rings. The Morgan fingerprint density at radius 1 is 1.22 bits per heavy atom. The Kier molecular flexibility index (Phi) is 5.35. The Morgan fingerprint density at radius 2 is 1.78 bits per heavy atom. The molecule has 0 bridgehead atoms. The van der Waals surface area contributed by atoms with E-state index in [-0.39, 0.29) is 5.97 Å². The maximum atomic E-state index is 11.4. The average Bonchev–Trinajstić information content (AvgIpc) is 2.23. The SMILES string of the molecule is CCOC(=O)CN(C)Cc1c(C)cc(C)cc1C. The Morgan fingerprint density at radius 3 is 2.28 bits per heavy atom. The number of hydrogen-bond donors (Lipinski definition) is 0. The highest BCUT2D eigenvalue weighted by atomic mass is 16.5. The summed E-state index contributed by atoms with van der Waals surface area (Å²) < 4.78 is 4.95. The lowest BCUT2D eigenvalue weighted by atomic mass is 9.99. The molecule has 0 unspecified atom stereocenters. The van der Waals surface area contributed by atoms with Gasteiger partial charge < -0.3 is 4.74 Å². The zero-order chi connectivity index (χ0) is 13.7. The van der Waals surface area contributed by atoms with Gasteiger partial charge in [0, 0.05) is 6.54 Å². The summed E-state index contributed by atoms with van der Waals surface area (Å²) in [6, 6.07) is 4.36. The van der Waals surface area contributed by atoms with Gasteiger partial charge in [-0.1, -0.05) is 17.7 Å². The fraction of sp³-hybridized carbons (Fsp3) is 0.533. The second-order valence-electron chi connectivity index (χ2n) is 4.85. The summed E-state index contributed by atoms with van der Waals surface area (Å²) >= 11 is 0. The van der Waals surface area contributed by atoms with Gasteiger partial charge in [0.05, 0.1) is 13.2 Å². The van der Waals surface area contributed by atoms with Gasteiger partial charge in [0.2, 0.25) is 0 Å². The monoisotopic (exact) mass is 249 g/mol. The van der Waals surface area contributed by atoms with Crippen molar-refractivity contribution in [1.29, 1.82) is 0 Å². The molecule has 0 heterocycles. The van der Waals surface area contributed by atoms with Crippen molar-refractivity contribution in [3.8, 4) is 0 Å². The van der Waals surface area contributed by atoms with E-state index in [1.54, 1.807) is 0 Å². The molecule has 0 amide bonds. The number of nitrogens with zero attached hydrogens (tertiary/aromatic N) is 1. The molecule has 1 rings (SSSR count). The highest BCUT2D eigenvalue weighted by molar-refractivity contribution is 5.71. The summed E-state index contributed by atoms with van der Waals surface area (Å²) in [5.74, 6) is -0.164. The van der Waals surface area contributed by atoms with Gasteiger partial charge in [0.15, 0.2) is 0 Å². The van der Waals surface area contributed by atoms with Gasteiger partial charge in [-0.15, -0.1) is 0 Å². The van der Waals surface area contributed by atoms with Crippen molar-refractivity contribution in [2.24, 2.45) is 0 Å². The predicted octanol–water partition coefficient (Wildman–Crippen LogP) is 2.61. The molecule has 18 heavy (non-hydrogen) atoms. The Balaban J connectivity index is 2.70. The van der Waals surface area contributed by atoms with Gasteiger partial charge in [-0.2, -0.15) is 0 Å². The molecule has 0 fully saturated rings. The number of benzene rings is 1. The third kappa shape index (κ3) is 4.15. The number of aryl methyl sites for hydroxylation is 3. The summed E-state index contributed by atoms with van der Waals surface area (Å²) in [5, 5.41) is 0. The Hall–Kier alpha value is -1.35. The fourth-order valence-electron chi connectivity index (χ4n) is 2.21. The summed E-state index contributed by atoms with van der Waals surface area (Å²) in [7, 11) is 1.94. The maximum Gasteiger partial charge on any atom is 0.320 e. The van der Waals surface area contributed by atoms with Crippen molar-refractivity contribution < 1.29 is 9.53 Å². The smallest absolute Gasteiger partial charge is 0.320 e. The predicted molar refractivity (Wildman–Crippen MR) is 73.6 cm³/mol. The third-order valence-electron chi connectivity index (χ3n) is 2.97. The quantitative estimate of drug-likeness (QED) is 0.751. The molecule has 0 N–H and O–H groups in total. The van der Waals surface area contributed by atoms with E-state index in [0.29, 0.717) is 13.2 Å². The van der Waals surface area contributed by atoms with Crippen LogP contribution in [0, 0.1) is 20.8 Å². The summed E-state index contributed by atoms with van der Waals surface area (Å²) in [4.78, 5) is 13.4. The molecule has 0 saturated heterocycles. The Bertz CT molecular complexity index is 403. The van der Waals surface area contributed by atoms with Crippen LogP contribution in [-0.4, -0.2) is 31.1 Å². The Labute approximate surface area is 110 Å². The average molecular weight is 249 g/mol. The molecule has 100 valence electrons. The highest BCUT2D eigenvalue weighted by Crippen LogP contribution is 2.17. The largest absolute Gasteiger partial charge is 0.465 e. The minimum Gasteiger partial charge on any atom is -0.465 e. The molecule has 0 saturated carbocycles. The van der Waals surface area contributed by atoms with E-state index in [1.165, 1.54) is 22.3 Å². The first-order chi connectivity index (χ1) is 8.43. The van der Waals surface area contributed by atoms with Gasteiger partial charge in [-0.25, -0.2) is 0 Å². The molecule has 3 nitrogen and oxygen atoms in total. The van der Waals surface area contributed by atoms with Crippen molar-refractivity contribution in [2.45, 2.75) is 34.2 Å². The van der Waals surface area contributed by atoms with Gasteiger partial charge in [-0.05, 0) is 51.4 Å². The molecule has 3 heteroatoms. The molecule has 0 aliphatic heterocycles. The minimum absolute atomic E-state index is 0.164. The topological polar surface area (TPSA) is 29.5 Å². The van der Waals surface area contributed by atoms with Crippen LogP contribution >= 0.6 is 0 Å². The summed E-state index contributed by atoms with van der Waals surface area (Å²) in [6.07, 6.45) is 0. The first-order valence-corrected chi connectivity index (χ1v) is 6.35. The lowest BCUT2D eigenvalue weighted by Crippen LogP contribution is -2.27. The third-order valence-corrected chi connectivity index (χ3v) is 2.97. The van der Waals surface area contributed by atoms with Crippen LogP contribution in [0.3, 0.4) is 0 Å². The van der Waals surface area contributed by atoms with Crippen LogP contribution in [0.5, 0.6) is 0 Å². The molecular weight excluding hydrogens is 226 g/mol. The normalized spacial score (nSPS) is 10.8. The minimum atomic E-state index is -0.164. The maximum absolute atomic E-state index is 11.4. The number of hydrogen-bond acceptors (Lipinski definition) is 3. The molecule has 0 atom stereocenters. The number of carbonyl (C=O) groups is 1. The van der Waals surface area contributed by atoms with E-state index in [4.69, 9.17) is 4.74 Å². The summed E-state index contributed by atoms with van der Waals surface area (Å²) in [6.45, 7) is 9.71. The number of ether oxygens (including phenoxy) is 1. The van der Waals surface area contributed by atoms with Crippen molar-refractivity contribution >= 4 is 5.97 Å². The van der Waals surface area contributed by atoms with Crippen LogP contribution < -0.4 is 0 Å². The van der Waals surface area contributed by atoms with Crippen molar-refractivity contribution in [2.75, 3.05) is 20.2 Å². The highest BCUT2D eigenvalue weighted by Gasteiger charge is 2.10. The number of carbonyl (C=O) groups excluding carboxylic acids is 1. The van der Waals surface area contributed by atoms with E-state index in [1.807, 2.05) is 18.9 Å². The lowest BCUT2D eigenvalue weighted by Gasteiger charge is -2.19. The lowest BCUT2D eigenvalue weighted by molar-refractivity contribution is -0.144. The van der Waals surface area contributed by atoms with Crippen molar-refractivity contribution in [3.05, 3.63) is 34.4 Å². The number of likely N-dealkylation sites (N-methyl/N-ethyl adjacent to an activating group) is 1. The van der Waals surface area contributed by atoms with Gasteiger partial charge >= 0.3 is 5.97 Å². The van der Waals surface area contributed by atoms with Crippen LogP contribution in [-0.2, 0) is 16.1 Å². The van der Waals surface area contributed by atoms with Crippen LogP contribution in [0.2, 0.25) is 0 Å². The molecule has 0 spiro atoms. The van der Waals surface area contributed by atoms with Crippen LogP contribution in [0.1, 0.15) is 29.2 Å². The molecular formula is C15H23NO2. The summed E-state index contributed by atoms with van der Waals surface area (Å²) in [5.41, 5.74) is 5.14. The molecule has 1 aromatic rings. The molecule has 0 radical (unpaired) electrons. The van der Waals surface area contributed by atoms with Crippen LogP contribution in [0.4, 0.5) is 0 Å². The fourth-order valence-corrected chi connectivity index (χ4v) is 2.21. The van der Waals surface area contributed by atoms with Gasteiger partial charge in [-0.3, -0.25) is 9.69 Å². The zero-order valence-corrected chi connectivity index (χ0v) is 12.0. The first kappa shape index (κ1) is 14.7. The van der Waals surface area contributed by atoms with E-state index in [2.05, 4.69) is 32.9 Å². The molecule has 0 aliphatic carbocycles. The van der Waals surface area contributed by atoms with E-state index >= 15 is 0 Å². The van der Waals surface area contributed by atoms with Gasteiger partial charge in [0.25, 0.3) is 0 Å². The standard InChI is InChI=1S/C15H23NO2/c1-6-18-15(17)10-16(5)9-14-12(3)7-11(2)8-13(14)4/h7-8H,6,9-10H2,1-5H3. The van der Waals surface area contributed by atoms with Gasteiger partial charge in [0.1, 0.15) is 0 Å². The molecule has 0 aromatic heterocycles. The first-order valence-electron chi connectivity index (χ1n) is 6.35. The molecule has 1 aromatic carbocycles. The zero-order valence-electron chi connectivity index (χ0n) is 12.0. The van der Waals surface area contributed by atoms with E-state index in [0.717, 1.165) is 6.54 Å². The number of rotatable bonds is 5. The van der Waals surface area contributed by atoms with E-state index in [9.17, 15) is 4.79 Å². The van der Waals surface area contributed by atoms with Crippen molar-refractivity contribution in [1.82, 2.24) is 4.90 Å². The van der Waals surface area contributed by atoms with E-state index < -0.39 is 0 Å². The van der Waals surface area contributed by atoms with Crippen LogP contribution in [0.15, 0.2) is 12.1 Å². The second-order valence-corrected chi connectivity index (χ2v) is 4.85. The second kappa shape index (κ2) is 6.55. The number of esters is 1. The van der Waals surface area contributed by atoms with Crippen molar-refractivity contribution in [3.63, 3.8) is 0 Å². The van der Waals surface area contributed by atoms with Crippen LogP contribution in [0.25, 0.3) is 0 Å².